The Morgan fingerprint density at radius 2 is 1.65 bits per heavy atom. The molecule has 0 aliphatic heterocycles. The highest BCUT2D eigenvalue weighted by Gasteiger charge is 2.03. The third kappa shape index (κ3) is 4.01. The van der Waals surface area contributed by atoms with Crippen molar-refractivity contribution in [2.24, 2.45) is 0 Å². The second-order valence-electron chi connectivity index (χ2n) is 3.97. The lowest BCUT2D eigenvalue weighted by Gasteiger charge is -2.03. The van der Waals surface area contributed by atoms with Gasteiger partial charge < -0.3 is 5.32 Å². The highest BCUT2D eigenvalue weighted by atomic mass is 35.5. The number of carbonyl (C=O) groups is 1. The maximum absolute atomic E-state index is 11.8. The van der Waals surface area contributed by atoms with Gasteiger partial charge in [-0.25, -0.2) is 0 Å². The summed E-state index contributed by atoms with van der Waals surface area (Å²) in [6, 6.07) is 12.1. The molecule has 0 bridgehead atoms. The summed E-state index contributed by atoms with van der Waals surface area (Å²) in [4.78, 5) is 11.8. The molecule has 0 saturated carbocycles. The van der Waals surface area contributed by atoms with Gasteiger partial charge in [0.05, 0.1) is 0 Å². The molecule has 0 spiro atoms. The standard InChI is InChI=1S/C15H10Cl3NO/c16-10-3-1-4-11(9-10)19-15(20)8-7-12-13(17)5-2-6-14(12)18/h1-9H,(H,19,20)/b8-7+. The Morgan fingerprint density at radius 1 is 1.00 bits per heavy atom. The molecule has 102 valence electrons. The van der Waals surface area contributed by atoms with Crippen LogP contribution >= 0.6 is 34.8 Å². The number of anilines is 1. The number of amides is 1. The van der Waals surface area contributed by atoms with Crippen LogP contribution in [-0.2, 0) is 4.79 Å². The molecule has 0 saturated heterocycles. The van der Waals surface area contributed by atoms with E-state index in [2.05, 4.69) is 5.32 Å². The van der Waals surface area contributed by atoms with E-state index in [0.29, 0.717) is 26.3 Å². The van der Waals surface area contributed by atoms with Gasteiger partial charge in [-0.2, -0.15) is 0 Å². The van der Waals surface area contributed by atoms with Crippen molar-refractivity contribution in [3.8, 4) is 0 Å². The second-order valence-corrected chi connectivity index (χ2v) is 5.22. The predicted octanol–water partition coefficient (Wildman–Crippen LogP) is 5.30. The highest BCUT2D eigenvalue weighted by molar-refractivity contribution is 6.37. The van der Waals surface area contributed by atoms with Gasteiger partial charge in [-0.1, -0.05) is 46.9 Å². The second kappa shape index (κ2) is 6.80. The van der Waals surface area contributed by atoms with Crippen LogP contribution in [0.4, 0.5) is 5.69 Å². The van der Waals surface area contributed by atoms with E-state index in [1.165, 1.54) is 6.08 Å². The van der Waals surface area contributed by atoms with Crippen molar-refractivity contribution in [1.29, 1.82) is 0 Å². The first-order valence-electron chi connectivity index (χ1n) is 5.75. The van der Waals surface area contributed by atoms with Gasteiger partial charge in [-0.05, 0) is 36.4 Å². The van der Waals surface area contributed by atoms with E-state index in [-0.39, 0.29) is 5.91 Å². The maximum atomic E-state index is 11.8. The Bertz CT molecular complexity index is 648. The molecule has 0 unspecified atom stereocenters. The molecule has 0 atom stereocenters. The molecule has 1 amide bonds. The Hall–Kier alpha value is -1.48. The molecule has 0 aliphatic carbocycles. The Balaban J connectivity index is 2.10. The minimum absolute atomic E-state index is 0.289. The molecule has 1 N–H and O–H groups in total. The molecule has 0 radical (unpaired) electrons. The molecular formula is C15H10Cl3NO. The molecule has 0 fully saturated rings. The van der Waals surface area contributed by atoms with Crippen LogP contribution in [0.5, 0.6) is 0 Å². The van der Waals surface area contributed by atoms with E-state index in [0.717, 1.165) is 0 Å². The van der Waals surface area contributed by atoms with Crippen molar-refractivity contribution in [3.05, 3.63) is 69.2 Å². The smallest absolute Gasteiger partial charge is 0.248 e. The number of hydrogen-bond acceptors (Lipinski definition) is 1. The van der Waals surface area contributed by atoms with E-state index in [4.69, 9.17) is 34.8 Å². The van der Waals surface area contributed by atoms with Crippen LogP contribution in [0.1, 0.15) is 5.56 Å². The maximum Gasteiger partial charge on any atom is 0.248 e. The fourth-order valence-corrected chi connectivity index (χ4v) is 2.29. The van der Waals surface area contributed by atoms with Crippen LogP contribution in [-0.4, -0.2) is 5.91 Å². The lowest BCUT2D eigenvalue weighted by atomic mass is 10.2. The fourth-order valence-electron chi connectivity index (χ4n) is 1.58. The fraction of sp³-hybridized carbons (Fsp3) is 0. The number of halogens is 3. The normalized spacial score (nSPS) is 10.8. The average molecular weight is 327 g/mol. The van der Waals surface area contributed by atoms with Crippen LogP contribution in [0, 0.1) is 0 Å². The number of carbonyl (C=O) groups excluding carboxylic acids is 1. The van der Waals surface area contributed by atoms with E-state index >= 15 is 0 Å². The zero-order valence-corrected chi connectivity index (χ0v) is 12.5. The van der Waals surface area contributed by atoms with Crippen LogP contribution in [0.25, 0.3) is 6.08 Å². The monoisotopic (exact) mass is 325 g/mol. The molecule has 2 aromatic carbocycles. The lowest BCUT2D eigenvalue weighted by molar-refractivity contribution is -0.111. The molecule has 0 heterocycles. The zero-order chi connectivity index (χ0) is 14.5. The number of nitrogens with one attached hydrogen (secondary N) is 1. The summed E-state index contributed by atoms with van der Waals surface area (Å²) in [6.45, 7) is 0. The molecule has 2 nitrogen and oxygen atoms in total. The Kier molecular flexibility index (Phi) is 5.07. The molecule has 0 aliphatic rings. The van der Waals surface area contributed by atoms with E-state index in [1.54, 1.807) is 48.5 Å². The first-order valence-corrected chi connectivity index (χ1v) is 6.88. The summed E-state index contributed by atoms with van der Waals surface area (Å²) in [5.74, 6) is -0.289. The number of hydrogen-bond donors (Lipinski definition) is 1. The summed E-state index contributed by atoms with van der Waals surface area (Å²) in [5, 5.41) is 4.23. The van der Waals surface area contributed by atoms with Gasteiger partial charge in [0, 0.05) is 32.4 Å². The van der Waals surface area contributed by atoms with Crippen molar-refractivity contribution in [2.75, 3.05) is 5.32 Å². The SMILES string of the molecule is O=C(/C=C/c1c(Cl)cccc1Cl)Nc1cccc(Cl)c1. The molecule has 2 rings (SSSR count). The average Bonchev–Trinajstić information content (AvgIpc) is 2.38. The van der Waals surface area contributed by atoms with Crippen molar-refractivity contribution < 1.29 is 4.79 Å². The predicted molar refractivity (Wildman–Crippen MR) is 85.6 cm³/mol. The van der Waals surface area contributed by atoms with Crippen LogP contribution in [0.2, 0.25) is 15.1 Å². The zero-order valence-electron chi connectivity index (χ0n) is 10.2. The highest BCUT2D eigenvalue weighted by Crippen LogP contribution is 2.25. The minimum atomic E-state index is -0.289. The summed E-state index contributed by atoms with van der Waals surface area (Å²) in [7, 11) is 0. The molecule has 5 heteroatoms. The lowest BCUT2D eigenvalue weighted by Crippen LogP contribution is -2.07. The van der Waals surface area contributed by atoms with Gasteiger partial charge >= 0.3 is 0 Å². The number of rotatable bonds is 3. The van der Waals surface area contributed by atoms with Gasteiger partial charge in [-0.15, -0.1) is 0 Å². The third-order valence-corrected chi connectivity index (χ3v) is 3.39. The van der Waals surface area contributed by atoms with Gasteiger partial charge in [0.25, 0.3) is 0 Å². The van der Waals surface area contributed by atoms with E-state index in [9.17, 15) is 4.79 Å². The van der Waals surface area contributed by atoms with Gasteiger partial charge in [0.2, 0.25) is 5.91 Å². The van der Waals surface area contributed by atoms with Crippen molar-refractivity contribution in [1.82, 2.24) is 0 Å². The Morgan fingerprint density at radius 3 is 2.30 bits per heavy atom. The van der Waals surface area contributed by atoms with E-state index < -0.39 is 0 Å². The molecule has 0 aromatic heterocycles. The summed E-state index contributed by atoms with van der Waals surface area (Å²) < 4.78 is 0. The van der Waals surface area contributed by atoms with Crippen LogP contribution in [0.3, 0.4) is 0 Å². The summed E-state index contributed by atoms with van der Waals surface area (Å²) in [5.41, 5.74) is 1.23. The van der Waals surface area contributed by atoms with Gasteiger partial charge in [0.1, 0.15) is 0 Å². The van der Waals surface area contributed by atoms with Crippen molar-refractivity contribution in [2.45, 2.75) is 0 Å². The molecule has 20 heavy (non-hydrogen) atoms. The first-order chi connectivity index (χ1) is 9.56. The van der Waals surface area contributed by atoms with E-state index in [1.807, 2.05) is 0 Å². The first kappa shape index (κ1) is 14.9. The topological polar surface area (TPSA) is 29.1 Å². The largest absolute Gasteiger partial charge is 0.322 e. The minimum Gasteiger partial charge on any atom is -0.322 e. The summed E-state index contributed by atoms with van der Waals surface area (Å²) in [6.07, 6.45) is 2.94. The van der Waals surface area contributed by atoms with Crippen molar-refractivity contribution >= 4 is 52.5 Å². The van der Waals surface area contributed by atoms with Crippen LogP contribution < -0.4 is 5.32 Å². The van der Waals surface area contributed by atoms with Gasteiger partial charge in [0.15, 0.2) is 0 Å². The van der Waals surface area contributed by atoms with Gasteiger partial charge in [-0.3, -0.25) is 4.79 Å². The van der Waals surface area contributed by atoms with Crippen molar-refractivity contribution in [3.63, 3.8) is 0 Å². The Labute approximate surface area is 132 Å². The van der Waals surface area contributed by atoms with Crippen LogP contribution in [0.15, 0.2) is 48.5 Å². The molecule has 2 aromatic rings. The third-order valence-electron chi connectivity index (χ3n) is 2.49. The summed E-state index contributed by atoms with van der Waals surface area (Å²) >= 11 is 17.9. The quantitative estimate of drug-likeness (QED) is 0.762. The molecular weight excluding hydrogens is 317 g/mol. The number of benzene rings is 2.